The summed E-state index contributed by atoms with van der Waals surface area (Å²) in [7, 11) is 0. The van der Waals surface area contributed by atoms with Crippen LogP contribution >= 0.6 is 11.6 Å². The second-order valence-corrected chi connectivity index (χ2v) is 8.04. The largest absolute Gasteiger partial charge is 0.368 e. The number of unbranched alkanes of at least 4 members (excludes halogenated alkanes) is 1. The normalized spacial score (nSPS) is 15.2. The van der Waals surface area contributed by atoms with Crippen molar-refractivity contribution in [2.75, 3.05) is 37.6 Å². The van der Waals surface area contributed by atoms with Crippen molar-refractivity contribution >= 4 is 28.3 Å². The Bertz CT molecular complexity index is 1040. The maximum atomic E-state index is 12.6. The minimum absolute atomic E-state index is 0.0251. The van der Waals surface area contributed by atoms with E-state index in [2.05, 4.69) is 20.9 Å². The zero-order chi connectivity index (χ0) is 20.2. The Kier molecular flexibility index (Phi) is 6.16. The number of aromatic nitrogens is 2. The Morgan fingerprint density at radius 1 is 0.931 bits per heavy atom. The summed E-state index contributed by atoms with van der Waals surface area (Å²) < 4.78 is 1.88. The molecule has 0 atom stereocenters. The lowest BCUT2D eigenvalue weighted by atomic mass is 10.2. The van der Waals surface area contributed by atoms with Crippen molar-refractivity contribution in [2.24, 2.45) is 0 Å². The third-order valence-electron chi connectivity index (χ3n) is 5.69. The van der Waals surface area contributed by atoms with Crippen LogP contribution in [0.1, 0.15) is 18.5 Å². The molecule has 3 aromatic rings. The van der Waals surface area contributed by atoms with E-state index >= 15 is 0 Å². The molecule has 0 bridgehead atoms. The Labute approximate surface area is 176 Å². The number of piperazine rings is 1. The Balaban J connectivity index is 1.29. The lowest BCUT2D eigenvalue weighted by Crippen LogP contribution is -2.46. The zero-order valence-corrected chi connectivity index (χ0v) is 17.6. The van der Waals surface area contributed by atoms with Crippen LogP contribution in [-0.2, 0) is 6.54 Å². The summed E-state index contributed by atoms with van der Waals surface area (Å²) >= 11 is 6.33. The Hall–Kier alpha value is -2.37. The second kappa shape index (κ2) is 8.97. The number of anilines is 1. The first-order chi connectivity index (χ1) is 14.1. The van der Waals surface area contributed by atoms with Gasteiger partial charge in [-0.15, -0.1) is 0 Å². The summed E-state index contributed by atoms with van der Waals surface area (Å²) in [4.78, 5) is 21.8. The molecule has 0 saturated carbocycles. The highest BCUT2D eigenvalue weighted by Crippen LogP contribution is 2.26. The van der Waals surface area contributed by atoms with Gasteiger partial charge in [0, 0.05) is 32.7 Å². The van der Waals surface area contributed by atoms with Gasteiger partial charge in [-0.05, 0) is 50.6 Å². The third-order valence-corrected chi connectivity index (χ3v) is 6.01. The maximum absolute atomic E-state index is 12.6. The zero-order valence-electron chi connectivity index (χ0n) is 16.9. The van der Waals surface area contributed by atoms with E-state index in [0.717, 1.165) is 73.9 Å². The fourth-order valence-corrected chi connectivity index (χ4v) is 4.32. The summed E-state index contributed by atoms with van der Waals surface area (Å²) in [6, 6.07) is 15.9. The molecule has 5 nitrogen and oxygen atoms in total. The van der Waals surface area contributed by atoms with E-state index in [1.165, 1.54) is 0 Å². The topological polar surface area (TPSA) is 41.4 Å². The highest BCUT2D eigenvalue weighted by Gasteiger charge is 2.18. The summed E-state index contributed by atoms with van der Waals surface area (Å²) in [6.45, 7) is 7.68. The van der Waals surface area contributed by atoms with Crippen molar-refractivity contribution in [3.8, 4) is 0 Å². The molecule has 1 fully saturated rings. The molecule has 0 aliphatic carbocycles. The molecular formula is C23H27ClN4O. The summed E-state index contributed by atoms with van der Waals surface area (Å²) in [5.74, 6) is 0. The molecule has 1 aromatic heterocycles. The number of benzene rings is 2. The van der Waals surface area contributed by atoms with Gasteiger partial charge in [0.1, 0.15) is 5.69 Å². The van der Waals surface area contributed by atoms with Gasteiger partial charge in [0.2, 0.25) is 0 Å². The van der Waals surface area contributed by atoms with Crippen LogP contribution in [-0.4, -0.2) is 47.2 Å². The van der Waals surface area contributed by atoms with Crippen molar-refractivity contribution in [3.63, 3.8) is 0 Å². The summed E-state index contributed by atoms with van der Waals surface area (Å²) in [5, 5.41) is 0.825. The molecule has 1 aliphatic rings. The lowest BCUT2D eigenvalue weighted by Gasteiger charge is -2.36. The van der Waals surface area contributed by atoms with Crippen molar-refractivity contribution in [2.45, 2.75) is 26.3 Å². The SMILES string of the molecule is Cc1nc2ccccc2n(CCCCN2CCN(c3ccccc3Cl)CC2)c1=O. The van der Waals surface area contributed by atoms with Crippen LogP contribution in [0.4, 0.5) is 5.69 Å². The minimum atomic E-state index is 0.0251. The van der Waals surface area contributed by atoms with Crippen molar-refractivity contribution in [1.82, 2.24) is 14.5 Å². The number of aryl methyl sites for hydroxylation is 2. The van der Waals surface area contributed by atoms with Gasteiger partial charge >= 0.3 is 0 Å². The molecule has 0 N–H and O–H groups in total. The molecule has 0 radical (unpaired) electrons. The average Bonchev–Trinajstić information content (AvgIpc) is 2.74. The first-order valence-corrected chi connectivity index (χ1v) is 10.7. The fourth-order valence-electron chi connectivity index (χ4n) is 4.07. The van der Waals surface area contributed by atoms with Gasteiger partial charge in [0.15, 0.2) is 0 Å². The predicted octanol–water partition coefficient (Wildman–Crippen LogP) is 3.96. The molecule has 0 amide bonds. The van der Waals surface area contributed by atoms with Crippen LogP contribution in [0.2, 0.25) is 5.02 Å². The fraction of sp³-hybridized carbons (Fsp3) is 0.391. The van der Waals surface area contributed by atoms with E-state index in [1.807, 2.05) is 47.0 Å². The second-order valence-electron chi connectivity index (χ2n) is 7.63. The molecule has 29 heavy (non-hydrogen) atoms. The van der Waals surface area contributed by atoms with Gasteiger partial charge in [-0.25, -0.2) is 4.98 Å². The molecule has 6 heteroatoms. The smallest absolute Gasteiger partial charge is 0.272 e. The quantitative estimate of drug-likeness (QED) is 0.577. The van der Waals surface area contributed by atoms with Gasteiger partial charge in [-0.2, -0.15) is 0 Å². The molecule has 0 spiro atoms. The van der Waals surface area contributed by atoms with Crippen LogP contribution in [0.3, 0.4) is 0 Å². The Morgan fingerprint density at radius 2 is 1.62 bits per heavy atom. The minimum Gasteiger partial charge on any atom is -0.368 e. The number of para-hydroxylation sites is 3. The van der Waals surface area contributed by atoms with Gasteiger partial charge in [-0.1, -0.05) is 35.9 Å². The average molecular weight is 411 g/mol. The van der Waals surface area contributed by atoms with E-state index in [-0.39, 0.29) is 5.56 Å². The number of fused-ring (bicyclic) bond motifs is 1. The Morgan fingerprint density at radius 3 is 2.41 bits per heavy atom. The number of rotatable bonds is 6. The van der Waals surface area contributed by atoms with E-state index in [9.17, 15) is 4.79 Å². The van der Waals surface area contributed by atoms with Crippen LogP contribution in [0.15, 0.2) is 53.3 Å². The van der Waals surface area contributed by atoms with Gasteiger partial charge in [0.05, 0.1) is 21.7 Å². The number of halogens is 1. The third kappa shape index (κ3) is 4.46. The highest BCUT2D eigenvalue weighted by atomic mass is 35.5. The standard InChI is InChI=1S/C23H27ClN4O/c1-18-23(29)28(22-11-5-3-9-20(22)25-18)13-7-6-12-26-14-16-27(17-15-26)21-10-4-2-8-19(21)24/h2-5,8-11H,6-7,12-17H2,1H3. The molecule has 2 aromatic carbocycles. The monoisotopic (exact) mass is 410 g/mol. The molecule has 2 heterocycles. The van der Waals surface area contributed by atoms with Crippen molar-refractivity contribution in [1.29, 1.82) is 0 Å². The van der Waals surface area contributed by atoms with E-state index < -0.39 is 0 Å². The molecule has 1 saturated heterocycles. The van der Waals surface area contributed by atoms with Crippen LogP contribution in [0.25, 0.3) is 11.0 Å². The highest BCUT2D eigenvalue weighted by molar-refractivity contribution is 6.33. The van der Waals surface area contributed by atoms with Crippen molar-refractivity contribution in [3.05, 3.63) is 69.6 Å². The lowest BCUT2D eigenvalue weighted by molar-refractivity contribution is 0.251. The number of hydrogen-bond acceptors (Lipinski definition) is 4. The summed E-state index contributed by atoms with van der Waals surface area (Å²) in [5.41, 5.74) is 3.54. The molecule has 4 rings (SSSR count). The molecule has 1 aliphatic heterocycles. The number of nitrogens with zero attached hydrogens (tertiary/aromatic N) is 4. The molecule has 152 valence electrons. The predicted molar refractivity (Wildman–Crippen MR) is 120 cm³/mol. The van der Waals surface area contributed by atoms with Crippen molar-refractivity contribution < 1.29 is 0 Å². The maximum Gasteiger partial charge on any atom is 0.272 e. The van der Waals surface area contributed by atoms with E-state index in [4.69, 9.17) is 11.6 Å². The van der Waals surface area contributed by atoms with Gasteiger partial charge in [0.25, 0.3) is 5.56 Å². The first-order valence-electron chi connectivity index (χ1n) is 10.3. The van der Waals surface area contributed by atoms with Crippen LogP contribution in [0, 0.1) is 6.92 Å². The molecule has 0 unspecified atom stereocenters. The first kappa shape index (κ1) is 19.9. The van der Waals surface area contributed by atoms with E-state index in [0.29, 0.717) is 5.69 Å². The molecular weight excluding hydrogens is 384 g/mol. The van der Waals surface area contributed by atoms with Gasteiger partial charge < -0.3 is 9.47 Å². The van der Waals surface area contributed by atoms with E-state index in [1.54, 1.807) is 6.92 Å². The summed E-state index contributed by atoms with van der Waals surface area (Å²) in [6.07, 6.45) is 2.06. The van der Waals surface area contributed by atoms with Crippen LogP contribution in [0.5, 0.6) is 0 Å². The number of hydrogen-bond donors (Lipinski definition) is 0. The van der Waals surface area contributed by atoms with Crippen LogP contribution < -0.4 is 10.5 Å². The van der Waals surface area contributed by atoms with Gasteiger partial charge in [-0.3, -0.25) is 9.69 Å².